The van der Waals surface area contributed by atoms with Gasteiger partial charge in [-0.2, -0.15) is 0 Å². The Kier molecular flexibility index (Phi) is 70.3. The van der Waals surface area contributed by atoms with Crippen molar-refractivity contribution in [2.45, 2.75) is 439 Å². The molecule has 99 heavy (non-hydrogen) atoms. The molecule has 0 aliphatic heterocycles. The summed E-state index contributed by atoms with van der Waals surface area (Å²) in [4.78, 5) is 73.0. The number of aliphatic hydroxyl groups excluding tert-OH is 1. The van der Waals surface area contributed by atoms with E-state index in [-0.39, 0.29) is 25.7 Å². The lowest BCUT2D eigenvalue weighted by Gasteiger charge is -2.21. The van der Waals surface area contributed by atoms with Crippen LogP contribution in [0.2, 0.25) is 0 Å². The number of carbonyl (C=O) groups excluding carboxylic acids is 4. The lowest BCUT2D eigenvalue weighted by Crippen LogP contribution is -2.30. The molecular weight excluding hydrogens is 1290 g/mol. The number of aliphatic hydroxyl groups is 1. The lowest BCUT2D eigenvalue weighted by atomic mass is 10.0. The first-order valence-electron chi connectivity index (χ1n) is 41.5. The highest BCUT2D eigenvalue weighted by molar-refractivity contribution is 7.47. The molecule has 2 unspecified atom stereocenters. The summed E-state index contributed by atoms with van der Waals surface area (Å²) in [5, 5.41) is 10.6. The van der Waals surface area contributed by atoms with E-state index >= 15 is 0 Å². The third kappa shape index (κ3) is 74.1. The molecule has 5 atom stereocenters. The van der Waals surface area contributed by atoms with Crippen molar-refractivity contribution in [2.24, 2.45) is 11.8 Å². The van der Waals surface area contributed by atoms with Gasteiger partial charge in [0.05, 0.1) is 26.4 Å². The second-order valence-electron chi connectivity index (χ2n) is 29.8. The SMILES string of the molecule is CCCCCCCCCCCCCCCCC(=O)O[C@H](COC(=O)CCCCCCCCCCCCCC)COP(=O)(O)OC[C@H](O)COP(=O)(O)OC[C@@H](COC(=O)CCCCCCCCCCCCCCC(C)C)OC(=O)CCCCCCCCCCCCCCCCCC(C)C. The monoisotopic (exact) mass is 1450 g/mol. The predicted molar refractivity (Wildman–Crippen MR) is 405 cm³/mol. The molecule has 0 aliphatic carbocycles. The molecule has 0 bridgehead atoms. The van der Waals surface area contributed by atoms with Gasteiger partial charge in [0.25, 0.3) is 0 Å². The zero-order valence-corrected chi connectivity index (χ0v) is 66.6. The number of carbonyl (C=O) groups is 4. The van der Waals surface area contributed by atoms with Gasteiger partial charge in [0.2, 0.25) is 0 Å². The molecule has 0 saturated heterocycles. The molecule has 588 valence electrons. The van der Waals surface area contributed by atoms with Crippen molar-refractivity contribution in [2.75, 3.05) is 39.6 Å². The maximum Gasteiger partial charge on any atom is 0.472 e. The molecule has 3 N–H and O–H groups in total. The van der Waals surface area contributed by atoms with Gasteiger partial charge in [-0.1, -0.05) is 369 Å². The van der Waals surface area contributed by atoms with Crippen LogP contribution in [0.3, 0.4) is 0 Å². The lowest BCUT2D eigenvalue weighted by molar-refractivity contribution is -0.161. The first-order chi connectivity index (χ1) is 47.9. The molecule has 0 aromatic rings. The fourth-order valence-corrected chi connectivity index (χ4v) is 13.9. The van der Waals surface area contributed by atoms with Crippen LogP contribution in [0.25, 0.3) is 0 Å². The second-order valence-corrected chi connectivity index (χ2v) is 32.7. The summed E-state index contributed by atoms with van der Waals surface area (Å²) < 4.78 is 68.7. The highest BCUT2D eigenvalue weighted by atomic mass is 31.2. The van der Waals surface area contributed by atoms with Crippen molar-refractivity contribution in [1.82, 2.24) is 0 Å². The Morgan fingerprint density at radius 2 is 0.465 bits per heavy atom. The third-order valence-corrected chi connectivity index (χ3v) is 20.6. The van der Waals surface area contributed by atoms with Crippen LogP contribution in [-0.2, 0) is 65.4 Å². The van der Waals surface area contributed by atoms with E-state index in [4.69, 9.17) is 37.0 Å². The Bertz CT molecular complexity index is 1910. The van der Waals surface area contributed by atoms with Crippen LogP contribution in [0.5, 0.6) is 0 Å². The smallest absolute Gasteiger partial charge is 0.462 e. The summed E-state index contributed by atoms with van der Waals surface area (Å²) >= 11 is 0. The molecule has 0 aromatic carbocycles. The number of phosphoric acid groups is 2. The van der Waals surface area contributed by atoms with Crippen LogP contribution in [0.4, 0.5) is 0 Å². The summed E-state index contributed by atoms with van der Waals surface area (Å²) in [6.45, 7) is 9.68. The molecule has 17 nitrogen and oxygen atoms in total. The van der Waals surface area contributed by atoms with E-state index in [0.29, 0.717) is 25.7 Å². The Balaban J connectivity index is 5.26. The average molecular weight is 1450 g/mol. The van der Waals surface area contributed by atoms with Crippen LogP contribution in [0, 0.1) is 11.8 Å². The topological polar surface area (TPSA) is 237 Å². The summed E-state index contributed by atoms with van der Waals surface area (Å²) in [6, 6.07) is 0. The zero-order valence-electron chi connectivity index (χ0n) is 64.8. The number of unbranched alkanes of at least 4 members (excludes halogenated alkanes) is 49. The number of phosphoric ester groups is 2. The molecule has 0 rings (SSSR count). The Morgan fingerprint density at radius 3 is 0.687 bits per heavy atom. The van der Waals surface area contributed by atoms with Crippen LogP contribution in [0.15, 0.2) is 0 Å². The minimum absolute atomic E-state index is 0.108. The number of ether oxygens (including phenoxy) is 4. The van der Waals surface area contributed by atoms with Gasteiger partial charge in [0, 0.05) is 25.7 Å². The van der Waals surface area contributed by atoms with Crippen LogP contribution in [0.1, 0.15) is 420 Å². The maximum absolute atomic E-state index is 13.1. The third-order valence-electron chi connectivity index (χ3n) is 18.7. The molecule has 0 spiro atoms. The van der Waals surface area contributed by atoms with Crippen LogP contribution in [-0.4, -0.2) is 96.7 Å². The maximum atomic E-state index is 13.1. The van der Waals surface area contributed by atoms with Crippen molar-refractivity contribution in [3.05, 3.63) is 0 Å². The van der Waals surface area contributed by atoms with Gasteiger partial charge < -0.3 is 33.8 Å². The summed E-state index contributed by atoms with van der Waals surface area (Å²) in [5.74, 6) is -0.522. The highest BCUT2D eigenvalue weighted by Crippen LogP contribution is 2.45. The van der Waals surface area contributed by atoms with E-state index in [1.165, 1.54) is 238 Å². The Labute approximate surface area is 607 Å². The zero-order chi connectivity index (χ0) is 72.8. The van der Waals surface area contributed by atoms with Crippen molar-refractivity contribution in [3.63, 3.8) is 0 Å². The van der Waals surface area contributed by atoms with Gasteiger partial charge >= 0.3 is 39.5 Å². The van der Waals surface area contributed by atoms with E-state index in [0.717, 1.165) is 102 Å². The first kappa shape index (κ1) is 97.1. The van der Waals surface area contributed by atoms with E-state index in [2.05, 4.69) is 41.5 Å². The predicted octanol–water partition coefficient (Wildman–Crippen LogP) is 23.9. The van der Waals surface area contributed by atoms with Gasteiger partial charge in [-0.05, 0) is 37.5 Å². The summed E-state index contributed by atoms with van der Waals surface area (Å²) in [5.41, 5.74) is 0. The van der Waals surface area contributed by atoms with Crippen molar-refractivity contribution < 1.29 is 80.2 Å². The van der Waals surface area contributed by atoms with Gasteiger partial charge in [-0.3, -0.25) is 37.3 Å². The number of hydrogen-bond donors (Lipinski definition) is 3. The molecule has 0 fully saturated rings. The van der Waals surface area contributed by atoms with E-state index in [1.54, 1.807) is 0 Å². The largest absolute Gasteiger partial charge is 0.472 e. The van der Waals surface area contributed by atoms with Crippen molar-refractivity contribution >= 4 is 39.5 Å². The van der Waals surface area contributed by atoms with Gasteiger partial charge in [0.15, 0.2) is 12.2 Å². The minimum atomic E-state index is -4.96. The standard InChI is InChI=1S/C80H156O17P2/c1-7-9-11-13-15-17-19-21-26-34-40-46-52-58-64-79(84)96-75(68-90-77(82)62-56-50-44-38-32-20-18-16-14-12-10-8-2)70-94-98(86,87)92-66-74(81)67-93-99(88,89)95-71-76(69-91-78(83)63-57-51-45-39-33-29-28-31-37-43-49-55-61-73(5)6)97-80(85)65-59-53-47-41-35-27-24-22-23-25-30-36-42-48-54-60-72(3)4/h72-76,81H,7-71H2,1-6H3,(H,86,87)(H,88,89)/t74-,75+,76+/m0/s1. The van der Waals surface area contributed by atoms with Gasteiger partial charge in [-0.15, -0.1) is 0 Å². The minimum Gasteiger partial charge on any atom is -0.462 e. The fraction of sp³-hybridized carbons (Fsp3) is 0.950. The van der Waals surface area contributed by atoms with Gasteiger partial charge in [-0.25, -0.2) is 9.13 Å². The second kappa shape index (κ2) is 71.7. The van der Waals surface area contributed by atoms with Crippen molar-refractivity contribution in [3.8, 4) is 0 Å². The molecular formula is C80H156O17P2. The Morgan fingerprint density at radius 1 is 0.273 bits per heavy atom. The number of rotatable bonds is 79. The quantitative estimate of drug-likeness (QED) is 0.0222. The van der Waals surface area contributed by atoms with E-state index < -0.39 is 97.5 Å². The van der Waals surface area contributed by atoms with Crippen LogP contribution < -0.4 is 0 Å². The molecule has 0 saturated carbocycles. The van der Waals surface area contributed by atoms with E-state index in [1.807, 2.05) is 0 Å². The fourth-order valence-electron chi connectivity index (χ4n) is 12.4. The normalized spacial score (nSPS) is 13.9. The molecule has 0 amide bonds. The first-order valence-corrected chi connectivity index (χ1v) is 44.5. The summed E-state index contributed by atoms with van der Waals surface area (Å²) in [6.07, 6.45) is 60.8. The molecule has 0 aromatic heterocycles. The number of hydrogen-bond acceptors (Lipinski definition) is 15. The number of esters is 4. The highest BCUT2D eigenvalue weighted by Gasteiger charge is 2.30. The van der Waals surface area contributed by atoms with E-state index in [9.17, 15) is 43.2 Å². The van der Waals surface area contributed by atoms with Crippen molar-refractivity contribution in [1.29, 1.82) is 0 Å². The average Bonchev–Trinajstić information content (AvgIpc) is 1.14. The molecule has 19 heteroatoms. The van der Waals surface area contributed by atoms with Gasteiger partial charge in [0.1, 0.15) is 19.3 Å². The Hall–Kier alpha value is -1.94. The summed E-state index contributed by atoms with van der Waals surface area (Å²) in [7, 11) is -9.92. The molecule has 0 aliphatic rings. The molecule has 0 radical (unpaired) electrons. The molecule has 0 heterocycles. The van der Waals surface area contributed by atoms with Crippen LogP contribution >= 0.6 is 15.6 Å².